The molecule has 0 amide bonds. The summed E-state index contributed by atoms with van der Waals surface area (Å²) in [7, 11) is 1.90. The van der Waals surface area contributed by atoms with Crippen molar-refractivity contribution in [1.29, 1.82) is 0 Å². The Morgan fingerprint density at radius 1 is 1.29 bits per heavy atom. The molecule has 1 saturated heterocycles. The fourth-order valence-corrected chi connectivity index (χ4v) is 6.41. The van der Waals surface area contributed by atoms with Gasteiger partial charge in [0.25, 0.3) is 0 Å². The second-order valence-corrected chi connectivity index (χ2v) is 10.0. The highest BCUT2D eigenvalue weighted by Gasteiger charge is 2.67. The molecule has 0 N–H and O–H groups in total. The fourth-order valence-electron chi connectivity index (χ4n) is 5.91. The summed E-state index contributed by atoms with van der Waals surface area (Å²) in [6.45, 7) is 4.90. The number of nitrogens with zero attached hydrogens (tertiary/aromatic N) is 1. The van der Waals surface area contributed by atoms with Crippen LogP contribution >= 0.6 is 23.2 Å². The minimum Gasteiger partial charge on any atom is -0.463 e. The quantitative estimate of drug-likeness (QED) is 0.391. The fraction of sp³-hybridized carbons (Fsp3) is 0.565. The highest BCUT2D eigenvalue weighted by molar-refractivity contribution is 6.33. The third-order valence-electron chi connectivity index (χ3n) is 7.39. The number of alkyl halides is 1. The first kappa shape index (κ1) is 21.3. The van der Waals surface area contributed by atoms with Crippen LogP contribution < -0.4 is 0 Å². The number of aryl methyl sites for hydroxylation is 1. The molecule has 31 heavy (non-hydrogen) atoms. The van der Waals surface area contributed by atoms with Crippen LogP contribution in [0.1, 0.15) is 37.8 Å². The molecule has 2 heterocycles. The van der Waals surface area contributed by atoms with Gasteiger partial charge in [0.1, 0.15) is 11.8 Å². The lowest BCUT2D eigenvalue weighted by atomic mass is 9.58. The first-order chi connectivity index (χ1) is 14.7. The summed E-state index contributed by atoms with van der Waals surface area (Å²) in [6.07, 6.45) is 0.446. The predicted molar refractivity (Wildman–Crippen MR) is 117 cm³/mol. The summed E-state index contributed by atoms with van der Waals surface area (Å²) < 4.78 is 19.6. The van der Waals surface area contributed by atoms with Crippen molar-refractivity contribution >= 4 is 45.9 Å². The second-order valence-electron chi connectivity index (χ2n) is 9.28. The predicted octanol–water partition coefficient (Wildman–Crippen LogP) is 3.86. The van der Waals surface area contributed by atoms with Crippen molar-refractivity contribution in [1.82, 2.24) is 4.57 Å². The first-order valence-electron chi connectivity index (χ1n) is 10.5. The van der Waals surface area contributed by atoms with E-state index < -0.39 is 28.5 Å². The SMILES string of the molecule is Cn1c(Cl)c2c3c(cccc31)[C@]1(C(=O)OCCCl)CC3(C[C@@H](C1=O)C2(C)C)OCCO3. The Morgan fingerprint density at radius 3 is 2.68 bits per heavy atom. The smallest absolute Gasteiger partial charge is 0.324 e. The first-order valence-corrected chi connectivity index (χ1v) is 11.4. The molecule has 1 spiro atoms. The Labute approximate surface area is 190 Å². The molecule has 2 fully saturated rings. The van der Waals surface area contributed by atoms with Gasteiger partial charge >= 0.3 is 5.97 Å². The van der Waals surface area contributed by atoms with Crippen LogP contribution in [-0.4, -0.2) is 47.8 Å². The van der Waals surface area contributed by atoms with E-state index in [4.69, 9.17) is 37.4 Å². The Bertz CT molecular complexity index is 1100. The van der Waals surface area contributed by atoms with Crippen molar-refractivity contribution in [3.05, 3.63) is 34.5 Å². The van der Waals surface area contributed by atoms with Gasteiger partial charge in [-0.1, -0.05) is 37.6 Å². The number of aromatic nitrogens is 1. The third-order valence-corrected chi connectivity index (χ3v) is 7.99. The molecular weight excluding hydrogens is 441 g/mol. The van der Waals surface area contributed by atoms with Gasteiger partial charge in [0.15, 0.2) is 17.0 Å². The number of fused-ring (bicyclic) bond motifs is 3. The van der Waals surface area contributed by atoms with Crippen LogP contribution in [0.3, 0.4) is 0 Å². The van der Waals surface area contributed by atoms with E-state index in [1.54, 1.807) is 0 Å². The van der Waals surface area contributed by atoms with Gasteiger partial charge in [-0.3, -0.25) is 9.59 Å². The maximum absolute atomic E-state index is 14.2. The molecule has 0 radical (unpaired) electrons. The van der Waals surface area contributed by atoms with Crippen LogP contribution in [0.2, 0.25) is 5.15 Å². The van der Waals surface area contributed by atoms with Crippen molar-refractivity contribution in [2.75, 3.05) is 25.7 Å². The maximum atomic E-state index is 14.2. The van der Waals surface area contributed by atoms with Gasteiger partial charge in [-0.2, -0.15) is 0 Å². The number of carbonyl (C=O) groups is 2. The summed E-state index contributed by atoms with van der Waals surface area (Å²) in [4.78, 5) is 27.9. The van der Waals surface area contributed by atoms with E-state index in [2.05, 4.69) is 0 Å². The molecule has 8 heteroatoms. The number of halogens is 2. The van der Waals surface area contributed by atoms with E-state index in [9.17, 15) is 9.59 Å². The van der Waals surface area contributed by atoms with E-state index >= 15 is 0 Å². The number of hydrogen-bond acceptors (Lipinski definition) is 5. The van der Waals surface area contributed by atoms with E-state index in [1.165, 1.54) is 0 Å². The van der Waals surface area contributed by atoms with Crippen LogP contribution in [-0.2, 0) is 41.7 Å². The molecule has 3 aliphatic rings. The largest absolute Gasteiger partial charge is 0.463 e. The van der Waals surface area contributed by atoms with Gasteiger partial charge < -0.3 is 18.8 Å². The molecule has 1 aromatic heterocycles. The Balaban J connectivity index is 1.88. The van der Waals surface area contributed by atoms with E-state index in [-0.39, 0.29) is 24.7 Å². The molecule has 1 saturated carbocycles. The Hall–Kier alpha value is -1.60. The summed E-state index contributed by atoms with van der Waals surface area (Å²) in [5.74, 6) is -2.17. The average molecular weight is 466 g/mol. The van der Waals surface area contributed by atoms with Crippen molar-refractivity contribution in [2.45, 2.75) is 43.3 Å². The monoisotopic (exact) mass is 465 g/mol. The average Bonchev–Trinajstić information content (AvgIpc) is 3.29. The molecule has 2 aromatic rings. The molecule has 0 unspecified atom stereocenters. The number of ether oxygens (including phenoxy) is 3. The number of carbonyl (C=O) groups excluding carboxylic acids is 2. The zero-order valence-electron chi connectivity index (χ0n) is 17.8. The summed E-state index contributed by atoms with van der Waals surface area (Å²) >= 11 is 12.7. The molecule has 1 aliphatic heterocycles. The normalized spacial score (nSPS) is 28.2. The summed E-state index contributed by atoms with van der Waals surface area (Å²) in [5.41, 5.74) is 0.161. The number of Topliss-reactive ketones (excluding diaryl/α,β-unsaturated/α-hetero) is 1. The van der Waals surface area contributed by atoms with Gasteiger partial charge in [0, 0.05) is 47.7 Å². The second kappa shape index (κ2) is 6.95. The lowest BCUT2D eigenvalue weighted by Gasteiger charge is -2.48. The number of ketones is 1. The molecular formula is C23H25Cl2NO5. The number of hydrogen-bond donors (Lipinski definition) is 0. The van der Waals surface area contributed by atoms with E-state index in [1.807, 2.05) is 43.7 Å². The molecule has 166 valence electrons. The molecule has 2 bridgehead atoms. The molecule has 2 aliphatic carbocycles. The van der Waals surface area contributed by atoms with Crippen molar-refractivity contribution < 1.29 is 23.8 Å². The number of esters is 1. The summed E-state index contributed by atoms with van der Waals surface area (Å²) in [6, 6.07) is 5.65. The van der Waals surface area contributed by atoms with E-state index in [0.29, 0.717) is 30.4 Å². The highest BCUT2D eigenvalue weighted by Crippen LogP contribution is 2.59. The number of rotatable bonds is 3. The Kier molecular flexibility index (Phi) is 4.76. The van der Waals surface area contributed by atoms with Gasteiger partial charge in [-0.15, -0.1) is 11.6 Å². The summed E-state index contributed by atoms with van der Waals surface area (Å²) in [5, 5.41) is 1.41. The lowest BCUT2D eigenvalue weighted by Crippen LogP contribution is -2.60. The van der Waals surface area contributed by atoms with Crippen LogP contribution in [0.4, 0.5) is 0 Å². The minimum absolute atomic E-state index is 0.0244. The molecule has 5 rings (SSSR count). The van der Waals surface area contributed by atoms with Crippen LogP contribution in [0.25, 0.3) is 10.9 Å². The standard InChI is InChI=1S/C23H25Cl2NO5/c1-21(2)14-11-22(30-9-10-31-22)12-23(18(14)27,20(28)29-8-7-24)13-5-4-6-15-16(13)17(21)19(25)26(15)3/h4-6,14H,7-12H2,1-3H3/t14-,23+/m0/s1. The van der Waals surface area contributed by atoms with Gasteiger partial charge in [-0.05, 0) is 11.6 Å². The van der Waals surface area contributed by atoms with Gasteiger partial charge in [-0.25, -0.2) is 0 Å². The lowest BCUT2D eigenvalue weighted by molar-refractivity contribution is -0.211. The molecule has 2 atom stereocenters. The van der Waals surface area contributed by atoms with Crippen molar-refractivity contribution in [3.8, 4) is 0 Å². The van der Waals surface area contributed by atoms with Gasteiger partial charge in [0.05, 0.1) is 19.1 Å². The van der Waals surface area contributed by atoms with Gasteiger partial charge in [0.2, 0.25) is 0 Å². The minimum atomic E-state index is -1.55. The highest BCUT2D eigenvalue weighted by atomic mass is 35.5. The maximum Gasteiger partial charge on any atom is 0.324 e. The molecule has 1 aromatic carbocycles. The van der Waals surface area contributed by atoms with Crippen LogP contribution in [0.5, 0.6) is 0 Å². The Morgan fingerprint density at radius 2 is 2.00 bits per heavy atom. The van der Waals surface area contributed by atoms with Crippen molar-refractivity contribution in [2.24, 2.45) is 13.0 Å². The van der Waals surface area contributed by atoms with Crippen LogP contribution in [0, 0.1) is 5.92 Å². The van der Waals surface area contributed by atoms with Crippen LogP contribution in [0.15, 0.2) is 18.2 Å². The molecule has 6 nitrogen and oxygen atoms in total. The topological polar surface area (TPSA) is 66.8 Å². The van der Waals surface area contributed by atoms with Crippen molar-refractivity contribution in [3.63, 3.8) is 0 Å². The number of benzene rings is 1. The van der Waals surface area contributed by atoms with E-state index in [0.717, 1.165) is 16.5 Å². The third kappa shape index (κ3) is 2.65. The zero-order chi connectivity index (χ0) is 22.2. The zero-order valence-corrected chi connectivity index (χ0v) is 19.3.